The van der Waals surface area contributed by atoms with Gasteiger partial charge in [0.1, 0.15) is 5.25 Å². The maximum atomic E-state index is 12.6. The van der Waals surface area contributed by atoms with Crippen molar-refractivity contribution < 1.29 is 24.3 Å². The van der Waals surface area contributed by atoms with Gasteiger partial charge < -0.3 is 10.4 Å². The molecule has 1 saturated heterocycles. The molecule has 1 aliphatic heterocycles. The maximum Gasteiger partial charge on any atom is 0.309 e. The van der Waals surface area contributed by atoms with Crippen molar-refractivity contribution in [1.82, 2.24) is 4.98 Å². The number of carbonyl (C=O) groups excluding carboxylic acids is 3. The lowest BCUT2D eigenvalue weighted by Crippen LogP contribution is -2.32. The molecule has 0 spiro atoms. The van der Waals surface area contributed by atoms with Crippen molar-refractivity contribution in [2.75, 3.05) is 10.2 Å². The lowest BCUT2D eigenvalue weighted by Gasteiger charge is -2.14. The van der Waals surface area contributed by atoms with Crippen molar-refractivity contribution in [3.8, 4) is 0 Å². The molecule has 0 saturated carbocycles. The summed E-state index contributed by atoms with van der Waals surface area (Å²) < 4.78 is 0. The molecule has 10 heteroatoms. The van der Waals surface area contributed by atoms with Crippen molar-refractivity contribution in [2.45, 2.75) is 31.4 Å². The predicted molar refractivity (Wildman–Crippen MR) is 107 cm³/mol. The number of nitrogens with one attached hydrogen (secondary N) is 1. The smallest absolute Gasteiger partial charge is 0.309 e. The topological polar surface area (TPSA) is 117 Å². The first-order chi connectivity index (χ1) is 13.4. The van der Waals surface area contributed by atoms with Crippen molar-refractivity contribution in [2.24, 2.45) is 0 Å². The summed E-state index contributed by atoms with van der Waals surface area (Å²) in [6, 6.07) is 7.16. The minimum Gasteiger partial charge on any atom is -0.481 e. The second-order valence-electron chi connectivity index (χ2n) is 6.03. The number of anilines is 2. The second kappa shape index (κ2) is 8.53. The zero-order chi connectivity index (χ0) is 20.3. The number of aliphatic carboxylic acids is 1. The zero-order valence-electron chi connectivity index (χ0n) is 14.9. The number of thiazole rings is 1. The van der Waals surface area contributed by atoms with Gasteiger partial charge in [-0.2, -0.15) is 0 Å². The third kappa shape index (κ3) is 4.57. The molecular weight excluding hydrogens is 402 g/mol. The minimum atomic E-state index is -1.01. The molecule has 1 fully saturated rings. The molecular formula is C18H17N3O5S2. The lowest BCUT2D eigenvalue weighted by atomic mass is 10.1. The number of hydrogen-bond acceptors (Lipinski definition) is 7. The van der Waals surface area contributed by atoms with Gasteiger partial charge in [-0.1, -0.05) is 19.1 Å². The number of hydrogen-bond donors (Lipinski definition) is 2. The van der Waals surface area contributed by atoms with Crippen LogP contribution in [0.25, 0.3) is 0 Å². The fourth-order valence-electron chi connectivity index (χ4n) is 2.64. The van der Waals surface area contributed by atoms with E-state index >= 15 is 0 Å². The molecule has 2 N–H and O–H groups in total. The summed E-state index contributed by atoms with van der Waals surface area (Å²) in [4.78, 5) is 52.9. The highest BCUT2D eigenvalue weighted by Gasteiger charge is 2.41. The Kier molecular flexibility index (Phi) is 6.10. The number of amides is 3. The summed E-state index contributed by atoms with van der Waals surface area (Å²) in [6.45, 7) is 2.01. The first-order valence-corrected chi connectivity index (χ1v) is 10.2. The summed E-state index contributed by atoms with van der Waals surface area (Å²) in [7, 11) is 0. The molecule has 0 radical (unpaired) electrons. The van der Waals surface area contributed by atoms with Gasteiger partial charge in [-0.05, 0) is 35.9 Å². The monoisotopic (exact) mass is 419 g/mol. The first-order valence-electron chi connectivity index (χ1n) is 8.47. The van der Waals surface area contributed by atoms with E-state index in [1.165, 1.54) is 0 Å². The van der Waals surface area contributed by atoms with E-state index in [1.807, 2.05) is 19.1 Å². The average Bonchev–Trinajstić information content (AvgIpc) is 3.18. The van der Waals surface area contributed by atoms with Crippen molar-refractivity contribution in [3.63, 3.8) is 0 Å². The second-order valence-corrected chi connectivity index (χ2v) is 8.04. The molecule has 0 bridgehead atoms. The Balaban J connectivity index is 1.62. The molecule has 28 heavy (non-hydrogen) atoms. The van der Waals surface area contributed by atoms with E-state index in [1.54, 1.807) is 17.5 Å². The number of imide groups is 1. The number of aromatic nitrogens is 1. The first kappa shape index (κ1) is 20.0. The molecule has 3 amide bonds. The SMILES string of the molecule is CCc1ccc(N2C(=O)SC(CC(=O)Nc3nc(CC(=O)O)cs3)C2=O)cc1. The Morgan fingerprint density at radius 1 is 1.25 bits per heavy atom. The van der Waals surface area contributed by atoms with E-state index in [9.17, 15) is 19.2 Å². The van der Waals surface area contributed by atoms with Crippen LogP contribution in [-0.4, -0.2) is 38.4 Å². The fourth-order valence-corrected chi connectivity index (χ4v) is 4.35. The number of rotatable bonds is 7. The summed E-state index contributed by atoms with van der Waals surface area (Å²) in [5.41, 5.74) is 1.92. The van der Waals surface area contributed by atoms with Crippen LogP contribution in [0.5, 0.6) is 0 Å². The predicted octanol–water partition coefficient (Wildman–Crippen LogP) is 2.93. The molecule has 3 rings (SSSR count). The number of carbonyl (C=O) groups is 4. The average molecular weight is 419 g/mol. The van der Waals surface area contributed by atoms with Gasteiger partial charge in [-0.25, -0.2) is 9.88 Å². The quantitative estimate of drug-likeness (QED) is 0.709. The molecule has 1 atom stereocenters. The largest absolute Gasteiger partial charge is 0.481 e. The van der Waals surface area contributed by atoms with Gasteiger partial charge in [0, 0.05) is 11.8 Å². The normalized spacial score (nSPS) is 16.5. The molecule has 1 aromatic carbocycles. The van der Waals surface area contributed by atoms with Crippen LogP contribution in [0.2, 0.25) is 0 Å². The highest BCUT2D eigenvalue weighted by atomic mass is 32.2. The standard InChI is InChI=1S/C18H17N3O5S2/c1-2-10-3-5-12(6-4-10)21-16(25)13(28-18(21)26)8-14(22)20-17-19-11(9-27-17)7-15(23)24/h3-6,9,13H,2,7-8H2,1H3,(H,23,24)(H,19,20,22). The molecule has 2 aromatic rings. The van der Waals surface area contributed by atoms with Crippen LogP contribution in [0.3, 0.4) is 0 Å². The number of thioether (sulfide) groups is 1. The molecule has 2 heterocycles. The van der Waals surface area contributed by atoms with E-state index in [0.29, 0.717) is 11.4 Å². The number of carboxylic acids is 1. The van der Waals surface area contributed by atoms with E-state index in [4.69, 9.17) is 5.11 Å². The lowest BCUT2D eigenvalue weighted by molar-refractivity contribution is -0.136. The Bertz CT molecular complexity index is 926. The van der Waals surface area contributed by atoms with Crippen LogP contribution in [0.1, 0.15) is 24.6 Å². The molecule has 8 nitrogen and oxygen atoms in total. The zero-order valence-corrected chi connectivity index (χ0v) is 16.5. The van der Waals surface area contributed by atoms with Gasteiger partial charge in [0.2, 0.25) is 11.8 Å². The van der Waals surface area contributed by atoms with Crippen LogP contribution >= 0.6 is 23.1 Å². The van der Waals surface area contributed by atoms with Gasteiger partial charge >= 0.3 is 5.97 Å². The van der Waals surface area contributed by atoms with Crippen molar-refractivity contribution in [3.05, 3.63) is 40.9 Å². The van der Waals surface area contributed by atoms with Gasteiger partial charge in [0.05, 0.1) is 17.8 Å². The Morgan fingerprint density at radius 3 is 2.61 bits per heavy atom. The summed E-state index contributed by atoms with van der Waals surface area (Å²) in [5.74, 6) is -1.90. The number of nitrogens with zero attached hydrogens (tertiary/aromatic N) is 2. The van der Waals surface area contributed by atoms with Crippen molar-refractivity contribution in [1.29, 1.82) is 0 Å². The van der Waals surface area contributed by atoms with E-state index < -0.39 is 28.3 Å². The van der Waals surface area contributed by atoms with Crippen LogP contribution < -0.4 is 10.2 Å². The number of benzene rings is 1. The van der Waals surface area contributed by atoms with Gasteiger partial charge in [-0.15, -0.1) is 11.3 Å². The van der Waals surface area contributed by atoms with Gasteiger partial charge in [0.25, 0.3) is 5.24 Å². The highest BCUT2D eigenvalue weighted by Crippen LogP contribution is 2.33. The Hall–Kier alpha value is -2.72. The van der Waals surface area contributed by atoms with Crippen LogP contribution in [0.4, 0.5) is 15.6 Å². The number of carboxylic acid groups (broad SMARTS) is 1. The maximum absolute atomic E-state index is 12.6. The molecule has 146 valence electrons. The van der Waals surface area contributed by atoms with Gasteiger partial charge in [0.15, 0.2) is 5.13 Å². The molecule has 1 aliphatic rings. The summed E-state index contributed by atoms with van der Waals surface area (Å²) in [5, 5.41) is 11.9. The highest BCUT2D eigenvalue weighted by molar-refractivity contribution is 8.15. The summed E-state index contributed by atoms with van der Waals surface area (Å²) in [6.07, 6.45) is 0.445. The molecule has 1 unspecified atom stereocenters. The minimum absolute atomic E-state index is 0.174. The summed E-state index contributed by atoms with van der Waals surface area (Å²) >= 11 is 1.93. The Labute approximate surface area is 169 Å². The van der Waals surface area contributed by atoms with Gasteiger partial charge in [-0.3, -0.25) is 19.2 Å². The Morgan fingerprint density at radius 2 is 1.96 bits per heavy atom. The molecule has 1 aromatic heterocycles. The molecule has 0 aliphatic carbocycles. The third-order valence-corrected chi connectivity index (χ3v) is 5.87. The van der Waals surface area contributed by atoms with Crippen molar-refractivity contribution >= 4 is 56.9 Å². The van der Waals surface area contributed by atoms with E-state index in [-0.39, 0.29) is 18.0 Å². The van der Waals surface area contributed by atoms with E-state index in [2.05, 4.69) is 10.3 Å². The third-order valence-electron chi connectivity index (χ3n) is 4.03. The number of aryl methyl sites for hydroxylation is 1. The van der Waals surface area contributed by atoms with Crippen LogP contribution in [0.15, 0.2) is 29.6 Å². The van der Waals surface area contributed by atoms with Crippen LogP contribution in [0, 0.1) is 0 Å². The fraction of sp³-hybridized carbons (Fsp3) is 0.278. The van der Waals surface area contributed by atoms with Crippen LogP contribution in [-0.2, 0) is 27.2 Å². The van der Waals surface area contributed by atoms with E-state index in [0.717, 1.165) is 40.0 Å².